The highest BCUT2D eigenvalue weighted by molar-refractivity contribution is 7.89. The molecule has 0 spiro atoms. The van der Waals surface area contributed by atoms with Gasteiger partial charge in [0.15, 0.2) is 5.78 Å². The number of allylic oxidation sites excluding steroid dienone is 2. The number of Topliss-reactive ketones (excluding diaryl/α,β-unsaturated/α-hetero) is 1. The molecule has 1 atom stereocenters. The van der Waals surface area contributed by atoms with E-state index in [1.165, 1.54) is 24.3 Å². The highest BCUT2D eigenvalue weighted by Crippen LogP contribution is 2.33. The predicted molar refractivity (Wildman–Crippen MR) is 152 cm³/mol. The van der Waals surface area contributed by atoms with Crippen LogP contribution in [-0.2, 0) is 37.1 Å². The number of sulfonamides is 1. The first kappa shape index (κ1) is 30.7. The topological polar surface area (TPSA) is 90.0 Å². The molecule has 0 aliphatic heterocycles. The molecule has 0 N–H and O–H groups in total. The van der Waals surface area contributed by atoms with Crippen molar-refractivity contribution in [3.8, 4) is 0 Å². The molecule has 0 heterocycles. The van der Waals surface area contributed by atoms with Crippen molar-refractivity contribution in [1.29, 1.82) is 0 Å². The number of nitrogens with zero attached hydrogens (tertiary/aromatic N) is 1. The van der Waals surface area contributed by atoms with Crippen molar-refractivity contribution in [3.05, 3.63) is 76.0 Å². The number of carbonyl (C=O) groups is 2. The minimum atomic E-state index is -4.18. The number of hydrogen-bond donors (Lipinski definition) is 0. The monoisotopic (exact) mass is 575 g/mol. The van der Waals surface area contributed by atoms with Crippen molar-refractivity contribution in [3.63, 3.8) is 0 Å². The van der Waals surface area contributed by atoms with E-state index in [2.05, 4.69) is 13.8 Å². The summed E-state index contributed by atoms with van der Waals surface area (Å²) < 4.78 is 39.1. The summed E-state index contributed by atoms with van der Waals surface area (Å²) in [6.45, 7) is 11.5. The molecule has 1 aliphatic rings. The van der Waals surface area contributed by atoms with Gasteiger partial charge in [-0.05, 0) is 81.8 Å². The summed E-state index contributed by atoms with van der Waals surface area (Å²) in [6, 6.07) is 13.4. The maximum absolute atomic E-state index is 13.4. The van der Waals surface area contributed by atoms with E-state index >= 15 is 0 Å². The van der Waals surface area contributed by atoms with Crippen LogP contribution in [-0.4, -0.2) is 43.4 Å². The van der Waals surface area contributed by atoms with E-state index in [-0.39, 0.29) is 29.6 Å². The predicted octanol–water partition coefficient (Wildman–Crippen LogP) is 6.59. The highest BCUT2D eigenvalue weighted by atomic mass is 35.5. The third-order valence-corrected chi connectivity index (χ3v) is 8.27. The molecule has 7 nitrogen and oxygen atoms in total. The van der Waals surface area contributed by atoms with E-state index in [1.54, 1.807) is 20.8 Å². The molecule has 2 aromatic carbocycles. The molecule has 0 aromatic heterocycles. The summed E-state index contributed by atoms with van der Waals surface area (Å²) in [5, 5.41) is 0.390. The molecule has 2 aromatic rings. The van der Waals surface area contributed by atoms with E-state index < -0.39 is 21.7 Å². The second-order valence-electron chi connectivity index (χ2n) is 11.3. The van der Waals surface area contributed by atoms with Crippen molar-refractivity contribution in [1.82, 2.24) is 4.31 Å². The van der Waals surface area contributed by atoms with Gasteiger partial charge in [-0.15, -0.1) is 0 Å². The van der Waals surface area contributed by atoms with E-state index in [9.17, 15) is 18.0 Å². The summed E-state index contributed by atoms with van der Waals surface area (Å²) in [6.07, 6.45) is 0.388. The van der Waals surface area contributed by atoms with Crippen LogP contribution < -0.4 is 0 Å². The number of ether oxygens (including phenoxy) is 2. The van der Waals surface area contributed by atoms with Crippen LogP contribution in [0.5, 0.6) is 0 Å². The molecular formula is C30H38ClNO6S. The fraction of sp³-hybridized carbons (Fsp3) is 0.467. The molecule has 39 heavy (non-hydrogen) atoms. The standard InChI is InChI=1S/C30H38ClNO6S/c1-20(2)19-37-28-21(3)27(33)18-24(28)17-23-9-7-8-22(16-23)14-15-32(29(34)38-30(4,5)6)39(35,36)26-12-10-25(31)11-13-26/h7-13,16,20,24H,14-15,17-19H2,1-6H3. The van der Waals surface area contributed by atoms with Gasteiger partial charge in [0.2, 0.25) is 0 Å². The van der Waals surface area contributed by atoms with Crippen molar-refractivity contribution in [2.75, 3.05) is 13.2 Å². The highest BCUT2D eigenvalue weighted by Gasteiger charge is 2.34. The molecule has 1 aliphatic carbocycles. The fourth-order valence-electron chi connectivity index (χ4n) is 4.34. The lowest BCUT2D eigenvalue weighted by Gasteiger charge is -2.27. The van der Waals surface area contributed by atoms with Crippen molar-refractivity contribution in [2.24, 2.45) is 11.8 Å². The SMILES string of the molecule is CC1=C(OCC(C)C)C(Cc2cccc(CCN(C(=O)OC(C)(C)C)S(=O)(=O)c3ccc(Cl)cc3)c2)CC1=O. The van der Waals surface area contributed by atoms with Crippen LogP contribution in [0.15, 0.2) is 64.8 Å². The number of ketones is 1. The van der Waals surface area contributed by atoms with Gasteiger partial charge in [-0.25, -0.2) is 17.5 Å². The first-order valence-corrected chi connectivity index (χ1v) is 14.9. The smallest absolute Gasteiger partial charge is 0.424 e. The average Bonchev–Trinajstić information content (AvgIpc) is 3.09. The van der Waals surface area contributed by atoms with Gasteiger partial charge in [-0.1, -0.05) is 49.7 Å². The molecule has 0 bridgehead atoms. The molecule has 0 saturated carbocycles. The molecular weight excluding hydrogens is 538 g/mol. The Balaban J connectivity index is 1.79. The summed E-state index contributed by atoms with van der Waals surface area (Å²) in [4.78, 5) is 25.4. The Bertz CT molecular complexity index is 1330. The molecule has 3 rings (SSSR count). The summed E-state index contributed by atoms with van der Waals surface area (Å²) in [5.41, 5.74) is 1.69. The molecule has 1 unspecified atom stereocenters. The lowest BCUT2D eigenvalue weighted by molar-refractivity contribution is -0.115. The minimum Gasteiger partial charge on any atom is -0.497 e. The zero-order chi connectivity index (χ0) is 29.0. The van der Waals surface area contributed by atoms with Gasteiger partial charge < -0.3 is 9.47 Å². The summed E-state index contributed by atoms with van der Waals surface area (Å²) >= 11 is 5.93. The van der Waals surface area contributed by atoms with Gasteiger partial charge >= 0.3 is 6.09 Å². The van der Waals surface area contributed by atoms with E-state index in [0.717, 1.165) is 21.2 Å². The molecule has 1 amide bonds. The van der Waals surface area contributed by atoms with Crippen molar-refractivity contribution in [2.45, 2.75) is 71.3 Å². The first-order valence-electron chi connectivity index (χ1n) is 13.1. The molecule has 0 saturated heterocycles. The fourth-order valence-corrected chi connectivity index (χ4v) is 5.77. The van der Waals surface area contributed by atoms with Crippen LogP contribution in [0.25, 0.3) is 0 Å². The van der Waals surface area contributed by atoms with Gasteiger partial charge in [0.1, 0.15) is 11.4 Å². The van der Waals surface area contributed by atoms with Crippen LogP contribution in [0.4, 0.5) is 4.79 Å². The van der Waals surface area contributed by atoms with Crippen LogP contribution >= 0.6 is 11.6 Å². The molecule has 212 valence electrons. The van der Waals surface area contributed by atoms with Gasteiger partial charge in [-0.3, -0.25) is 4.79 Å². The second kappa shape index (κ2) is 12.6. The van der Waals surface area contributed by atoms with Crippen LogP contribution in [0, 0.1) is 11.8 Å². The zero-order valence-electron chi connectivity index (χ0n) is 23.5. The number of halogens is 1. The Kier molecular flexibility index (Phi) is 9.88. The van der Waals surface area contributed by atoms with Crippen molar-refractivity contribution < 1.29 is 27.5 Å². The quantitative estimate of drug-likeness (QED) is 0.317. The first-order chi connectivity index (χ1) is 18.2. The van der Waals surface area contributed by atoms with Gasteiger partial charge in [-0.2, -0.15) is 0 Å². The Hall–Kier alpha value is -2.84. The van der Waals surface area contributed by atoms with E-state index in [1.807, 2.05) is 31.2 Å². The number of hydrogen-bond acceptors (Lipinski definition) is 6. The maximum atomic E-state index is 13.4. The molecule has 0 radical (unpaired) electrons. The van der Waals surface area contributed by atoms with Crippen molar-refractivity contribution >= 4 is 33.5 Å². The van der Waals surface area contributed by atoms with Crippen LogP contribution in [0.1, 0.15) is 59.1 Å². The second-order valence-corrected chi connectivity index (χ2v) is 13.6. The summed E-state index contributed by atoms with van der Waals surface area (Å²) in [7, 11) is -4.18. The maximum Gasteiger partial charge on any atom is 0.424 e. The van der Waals surface area contributed by atoms with E-state index in [0.29, 0.717) is 36.0 Å². The average molecular weight is 576 g/mol. The third-order valence-electron chi connectivity index (χ3n) is 6.24. The Labute approximate surface area is 237 Å². The minimum absolute atomic E-state index is 0.0324. The van der Waals surface area contributed by atoms with Crippen LogP contribution in [0.2, 0.25) is 5.02 Å². The van der Waals surface area contributed by atoms with E-state index in [4.69, 9.17) is 21.1 Å². The summed E-state index contributed by atoms with van der Waals surface area (Å²) in [5.74, 6) is 1.19. The Morgan fingerprint density at radius 3 is 2.36 bits per heavy atom. The molecule has 9 heteroatoms. The molecule has 0 fully saturated rings. The van der Waals surface area contributed by atoms with Gasteiger partial charge in [0, 0.05) is 29.5 Å². The number of amides is 1. The number of carbonyl (C=O) groups excluding carboxylic acids is 2. The van der Waals surface area contributed by atoms with Gasteiger partial charge in [0.05, 0.1) is 11.5 Å². The number of benzene rings is 2. The third kappa shape index (κ3) is 8.32. The number of rotatable bonds is 10. The van der Waals surface area contributed by atoms with Crippen LogP contribution in [0.3, 0.4) is 0 Å². The lowest BCUT2D eigenvalue weighted by Crippen LogP contribution is -2.41. The van der Waals surface area contributed by atoms with Gasteiger partial charge in [0.25, 0.3) is 10.0 Å². The largest absolute Gasteiger partial charge is 0.497 e. The Morgan fingerprint density at radius 2 is 1.74 bits per heavy atom. The Morgan fingerprint density at radius 1 is 1.10 bits per heavy atom. The zero-order valence-corrected chi connectivity index (χ0v) is 25.1. The normalized spacial score (nSPS) is 16.1. The lowest BCUT2D eigenvalue weighted by atomic mass is 9.95.